The maximum absolute atomic E-state index is 11.5. The topological polar surface area (TPSA) is 257 Å². The number of anilines is 3. The second-order valence-electron chi connectivity index (χ2n) is 13.2. The quantitative estimate of drug-likeness (QED) is 0.0701. The molecule has 0 fully saturated rings. The smallest absolute Gasteiger partial charge is 0.413 e. The summed E-state index contributed by atoms with van der Waals surface area (Å²) < 4.78 is 17.1. The Balaban J connectivity index is -0.0000000845. The van der Waals surface area contributed by atoms with Crippen LogP contribution in [0, 0.1) is 27.4 Å². The molecule has 18 nitrogen and oxygen atoms in total. The molecule has 0 aliphatic carbocycles. The van der Waals surface area contributed by atoms with Crippen LogP contribution in [0.2, 0.25) is 10.0 Å². The van der Waals surface area contributed by atoms with Crippen molar-refractivity contribution in [3.8, 4) is 17.2 Å². The first kappa shape index (κ1) is 89.5. The number of hydrogen-bond donors (Lipinski definition) is 4. The second kappa shape index (κ2) is 45.5. The summed E-state index contributed by atoms with van der Waals surface area (Å²) in [5.74, 6) is 2.26. The molecule has 5 rings (SSSR count). The van der Waals surface area contributed by atoms with Gasteiger partial charge in [-0.15, -0.1) is 0 Å². The third kappa shape index (κ3) is 38.4. The SMILES string of the molecule is C.C.C.C.C.C.C.C.C.CC.CC.CC(C)(C)OC(=O)Nc1cc(Cl)ccn1.CC(C)(C)OC(=O)Nc1nccc(Cl)c1I.Nc1nccc(Oc2ccc([N+](=O)[O-])cc2)c1I.O=[N+]([O-])c1ccc(O)cc1. The number of pyridine rings is 3. The van der Waals surface area contributed by atoms with Crippen LogP contribution in [0.15, 0.2) is 91.4 Å². The monoisotopic (exact) mass is 1280 g/mol. The number of nitrogens with one attached hydrogen (secondary N) is 2. The lowest BCUT2D eigenvalue weighted by atomic mass is 10.2. The molecule has 5 aromatic rings. The molecule has 5 N–H and O–H groups in total. The number of phenols is 1. The van der Waals surface area contributed by atoms with Crippen LogP contribution < -0.4 is 21.1 Å². The Hall–Kier alpha value is -5.33. The molecular weight excluding hydrogens is 1200 g/mol. The van der Waals surface area contributed by atoms with Gasteiger partial charge in [0.15, 0.2) is 0 Å². The van der Waals surface area contributed by atoms with E-state index in [1.54, 1.807) is 65.8 Å². The van der Waals surface area contributed by atoms with Crippen molar-refractivity contribution in [2.45, 2.75) is 147 Å². The summed E-state index contributed by atoms with van der Waals surface area (Å²) in [6.45, 7) is 18.8. The third-order valence-electron chi connectivity index (χ3n) is 6.03. The highest BCUT2D eigenvalue weighted by atomic mass is 127. The number of amides is 2. The van der Waals surface area contributed by atoms with E-state index in [9.17, 15) is 29.8 Å². The van der Waals surface area contributed by atoms with Gasteiger partial charge in [0, 0.05) is 53.9 Å². The van der Waals surface area contributed by atoms with Crippen molar-refractivity contribution in [3.05, 3.63) is 129 Å². The lowest BCUT2D eigenvalue weighted by Crippen LogP contribution is -2.27. The molecule has 414 valence electrons. The maximum atomic E-state index is 11.5. The molecule has 2 aromatic carbocycles. The standard InChI is InChI=1S/C11H8IN3O3.C10H12ClIN2O2.C10H13ClN2O2.C6H5NO3.2C2H6.9CH4/c12-10-9(5-6-14-11(10)13)18-8-3-1-7(2-4-8)15(16)17;1-10(2,3)16-9(15)14-8-7(12)6(11)4-5-13-8;1-10(2,3)15-9(14)13-8-6-7(11)4-5-12-8;8-6-3-1-5(2-4-6)7(9)10;2*1-2;;;;;;;;;/h1-6H,(H2,13,14);4-5H,1-3H3,(H,13,14,15);4-6H,1-3H3,(H,12,13,14);1-4,8H;2*1-2H3;9*1H4. The lowest BCUT2D eigenvalue weighted by molar-refractivity contribution is -0.385. The first-order valence-electron chi connectivity index (χ1n) is 18.6. The molecule has 0 aliphatic rings. The Bertz CT molecular complexity index is 2220. The Morgan fingerprint density at radius 1 is 0.625 bits per heavy atom. The largest absolute Gasteiger partial charge is 0.508 e. The van der Waals surface area contributed by atoms with E-state index < -0.39 is 33.2 Å². The molecule has 22 heteroatoms. The van der Waals surface area contributed by atoms with E-state index in [-0.39, 0.29) is 84.0 Å². The Kier molecular flexibility index (Phi) is 56.6. The predicted octanol–water partition coefficient (Wildman–Crippen LogP) is 18.8. The van der Waals surface area contributed by atoms with Gasteiger partial charge in [-0.3, -0.25) is 30.9 Å². The number of aromatic nitrogens is 3. The normalized spacial score (nSPS) is 8.69. The van der Waals surface area contributed by atoms with E-state index in [0.29, 0.717) is 46.1 Å². The number of benzene rings is 2. The van der Waals surface area contributed by atoms with Gasteiger partial charge >= 0.3 is 12.2 Å². The average molecular weight is 1280 g/mol. The van der Waals surface area contributed by atoms with E-state index in [4.69, 9.17) is 48.3 Å². The zero-order valence-electron chi connectivity index (χ0n) is 36.1. The first-order chi connectivity index (χ1) is 29.4. The highest BCUT2D eigenvalue weighted by Gasteiger charge is 2.18. The molecule has 72 heavy (non-hydrogen) atoms. The van der Waals surface area contributed by atoms with E-state index in [2.05, 4.69) is 25.6 Å². The fourth-order valence-corrected chi connectivity index (χ4v) is 4.83. The molecule has 3 heterocycles. The molecule has 0 atom stereocenters. The molecule has 0 aliphatic heterocycles. The molecule has 0 saturated carbocycles. The summed E-state index contributed by atoms with van der Waals surface area (Å²) in [5, 5.41) is 35.3. The van der Waals surface area contributed by atoms with Crippen LogP contribution in [-0.2, 0) is 9.47 Å². The highest BCUT2D eigenvalue weighted by Crippen LogP contribution is 2.30. The summed E-state index contributed by atoms with van der Waals surface area (Å²) in [6, 6.07) is 17.4. The fourth-order valence-electron chi connectivity index (χ4n) is 3.65. The van der Waals surface area contributed by atoms with Gasteiger partial charge < -0.3 is 25.1 Å². The van der Waals surface area contributed by atoms with Crippen molar-refractivity contribution >= 4 is 109 Å². The number of hydrogen-bond acceptors (Lipinski definition) is 14. The minimum atomic E-state index is -0.544. The third-order valence-corrected chi connectivity index (χ3v) is 9.07. The molecule has 3 aromatic heterocycles. The summed E-state index contributed by atoms with van der Waals surface area (Å²) >= 11 is 15.7. The van der Waals surface area contributed by atoms with Crippen molar-refractivity contribution < 1.29 is 38.8 Å². The summed E-state index contributed by atoms with van der Waals surface area (Å²) in [6.07, 6.45) is 3.49. The van der Waals surface area contributed by atoms with Crippen LogP contribution in [0.3, 0.4) is 0 Å². The second-order valence-corrected chi connectivity index (χ2v) is 16.2. The zero-order chi connectivity index (χ0) is 48.5. The van der Waals surface area contributed by atoms with Crippen LogP contribution in [0.4, 0.5) is 38.4 Å². The van der Waals surface area contributed by atoms with E-state index in [1.165, 1.54) is 67.1 Å². The molecule has 0 spiro atoms. The number of phenolic OH excluding ortho intramolecular Hbond substituents is 1. The minimum Gasteiger partial charge on any atom is -0.508 e. The van der Waals surface area contributed by atoms with Crippen LogP contribution in [-0.4, -0.2) is 53.3 Å². The van der Waals surface area contributed by atoms with Gasteiger partial charge in [0.05, 0.1) is 22.0 Å². The first-order valence-corrected chi connectivity index (χ1v) is 21.5. The van der Waals surface area contributed by atoms with Crippen molar-refractivity contribution in [1.29, 1.82) is 0 Å². The van der Waals surface area contributed by atoms with Gasteiger partial charge in [-0.2, -0.15) is 0 Å². The number of rotatable bonds is 6. The summed E-state index contributed by atoms with van der Waals surface area (Å²) in [5.41, 5.74) is 4.60. The van der Waals surface area contributed by atoms with Gasteiger partial charge in [0.25, 0.3) is 11.4 Å². The molecule has 0 bridgehead atoms. The number of nitrogen functional groups attached to an aromatic ring is 1. The minimum absolute atomic E-state index is 0. The van der Waals surface area contributed by atoms with Crippen LogP contribution in [0.5, 0.6) is 17.2 Å². The number of non-ortho nitro benzene ring substituents is 2. The van der Waals surface area contributed by atoms with Gasteiger partial charge in [-0.05, 0) is 129 Å². The zero-order valence-corrected chi connectivity index (χ0v) is 41.9. The number of ether oxygens (including phenoxy) is 3. The lowest BCUT2D eigenvalue weighted by Gasteiger charge is -2.19. The number of carbonyl (C=O) groups is 2. The Labute approximate surface area is 469 Å². The van der Waals surface area contributed by atoms with Crippen LogP contribution in [0.25, 0.3) is 0 Å². The molecular formula is C50H86Cl2I2N8O10. The summed E-state index contributed by atoms with van der Waals surface area (Å²) in [7, 11) is 0. The highest BCUT2D eigenvalue weighted by molar-refractivity contribution is 14.1. The number of nitro benzene ring substituents is 2. The van der Waals surface area contributed by atoms with Gasteiger partial charge in [-0.1, -0.05) is 118 Å². The van der Waals surface area contributed by atoms with E-state index in [0.717, 1.165) is 0 Å². The van der Waals surface area contributed by atoms with Crippen molar-refractivity contribution in [2.24, 2.45) is 0 Å². The molecule has 0 unspecified atom stereocenters. The number of nitro groups is 2. The van der Waals surface area contributed by atoms with Gasteiger partial charge in [0.1, 0.15) is 45.9 Å². The maximum Gasteiger partial charge on any atom is 0.413 e. The number of halogens is 4. The molecule has 0 saturated heterocycles. The average Bonchev–Trinajstić information content (AvgIpc) is 3.20. The number of aromatic hydroxyl groups is 1. The Morgan fingerprint density at radius 3 is 1.44 bits per heavy atom. The number of carbonyl (C=O) groups excluding carboxylic acids is 2. The number of nitrogens with zero attached hydrogens (tertiary/aromatic N) is 5. The van der Waals surface area contributed by atoms with Gasteiger partial charge in [-0.25, -0.2) is 24.5 Å². The van der Waals surface area contributed by atoms with Crippen molar-refractivity contribution in [1.82, 2.24) is 15.0 Å². The van der Waals surface area contributed by atoms with Gasteiger partial charge in [0.2, 0.25) is 0 Å². The van der Waals surface area contributed by atoms with Crippen molar-refractivity contribution in [3.63, 3.8) is 0 Å². The van der Waals surface area contributed by atoms with Crippen LogP contribution in [0.1, 0.15) is 136 Å². The van der Waals surface area contributed by atoms with Crippen LogP contribution >= 0.6 is 68.4 Å². The number of nitrogens with two attached hydrogens (primary N) is 1. The Morgan fingerprint density at radius 2 is 1.03 bits per heavy atom. The summed E-state index contributed by atoms with van der Waals surface area (Å²) in [4.78, 5) is 54.2. The van der Waals surface area contributed by atoms with E-state index in [1.807, 2.05) is 72.9 Å². The van der Waals surface area contributed by atoms with Crippen molar-refractivity contribution in [2.75, 3.05) is 16.4 Å². The fraction of sp³-hybridized carbons (Fsp3) is 0.420. The molecule has 2 amide bonds. The predicted molar refractivity (Wildman–Crippen MR) is 323 cm³/mol. The molecule has 0 radical (unpaired) electrons. The van der Waals surface area contributed by atoms with E-state index >= 15 is 0 Å².